The van der Waals surface area contributed by atoms with Crippen molar-refractivity contribution in [1.82, 2.24) is 4.90 Å². The van der Waals surface area contributed by atoms with Gasteiger partial charge in [0.15, 0.2) is 5.60 Å². The number of benzene rings is 2. The second-order valence-corrected chi connectivity index (χ2v) is 8.52. The van der Waals surface area contributed by atoms with Crippen molar-refractivity contribution in [2.75, 3.05) is 19.6 Å². The molecule has 2 heterocycles. The van der Waals surface area contributed by atoms with Gasteiger partial charge in [-0.3, -0.25) is 4.79 Å². The van der Waals surface area contributed by atoms with Gasteiger partial charge in [0.25, 0.3) is 0 Å². The second kappa shape index (κ2) is 8.52. The van der Waals surface area contributed by atoms with Gasteiger partial charge in [-0.1, -0.05) is 42.5 Å². The van der Waals surface area contributed by atoms with E-state index in [4.69, 9.17) is 25.8 Å². The zero-order valence-electron chi connectivity index (χ0n) is 17.7. The summed E-state index contributed by atoms with van der Waals surface area (Å²) in [5.41, 5.74) is -0.254. The lowest BCUT2D eigenvalue weighted by Crippen LogP contribution is -2.76. The molecule has 0 aliphatic carbocycles. The third-order valence-electron chi connectivity index (χ3n) is 6.47. The van der Waals surface area contributed by atoms with Crippen molar-refractivity contribution in [3.05, 3.63) is 65.7 Å². The summed E-state index contributed by atoms with van der Waals surface area (Å²) in [7, 11) is 1.60. The third kappa shape index (κ3) is 3.48. The van der Waals surface area contributed by atoms with Crippen LogP contribution in [-0.2, 0) is 32.2 Å². The molecule has 3 atom stereocenters. The molecule has 2 saturated heterocycles. The molecule has 2 fully saturated rings. The van der Waals surface area contributed by atoms with Gasteiger partial charge in [0.05, 0.1) is 26.2 Å². The molecule has 1 amide bonds. The Bertz CT molecular complexity index is 950. The van der Waals surface area contributed by atoms with E-state index >= 15 is 0 Å². The van der Waals surface area contributed by atoms with Crippen LogP contribution in [0.15, 0.2) is 54.6 Å². The number of ether oxygens (including phenoxy) is 3. The van der Waals surface area contributed by atoms with Crippen molar-refractivity contribution in [2.45, 2.75) is 37.6 Å². The molecule has 0 N–H and O–H groups in total. The number of nitrogens with zero attached hydrogens (tertiary/aromatic N) is 1. The Morgan fingerprint density at radius 1 is 1.06 bits per heavy atom. The zero-order valence-corrected chi connectivity index (χ0v) is 18.4. The van der Waals surface area contributed by atoms with Crippen LogP contribution in [0.5, 0.6) is 5.75 Å². The summed E-state index contributed by atoms with van der Waals surface area (Å²) in [5, 5.41) is 0. The van der Waals surface area contributed by atoms with Crippen LogP contribution in [0.3, 0.4) is 0 Å². The van der Waals surface area contributed by atoms with Gasteiger partial charge in [-0.2, -0.15) is 0 Å². The fraction of sp³-hybridized carbons (Fsp3) is 0.417. The summed E-state index contributed by atoms with van der Waals surface area (Å²) < 4.78 is 16.8. The van der Waals surface area contributed by atoms with Crippen molar-refractivity contribution in [3.63, 3.8) is 0 Å². The first-order chi connectivity index (χ1) is 15.0. The summed E-state index contributed by atoms with van der Waals surface area (Å²) in [6, 6.07) is 17.2. The van der Waals surface area contributed by atoms with Crippen LogP contribution in [0, 0.1) is 5.92 Å². The standard InChI is InChI=1S/C24H26ClNO5/c1-23-20(12-13-25)21(27)26(14-17-8-10-19(29-2)11-9-17)24(23,22(28)31-23)16-30-15-18-6-4-3-5-7-18/h3-11,20H,12-16H2,1-2H3/t20-,23+,24+/m1/s1. The third-order valence-corrected chi connectivity index (χ3v) is 6.69. The molecule has 2 aliphatic rings. The number of methoxy groups -OCH3 is 1. The fourth-order valence-corrected chi connectivity index (χ4v) is 4.89. The number of esters is 1. The van der Waals surface area contributed by atoms with Crippen LogP contribution in [0.25, 0.3) is 0 Å². The number of carbonyl (C=O) groups excluding carboxylic acids is 2. The molecule has 2 aliphatic heterocycles. The minimum Gasteiger partial charge on any atom is -0.497 e. The zero-order chi connectivity index (χ0) is 22.1. The summed E-state index contributed by atoms with van der Waals surface area (Å²) in [6.45, 7) is 2.51. The molecule has 31 heavy (non-hydrogen) atoms. The lowest BCUT2D eigenvalue weighted by atomic mass is 9.71. The molecule has 0 aromatic heterocycles. The molecule has 0 saturated carbocycles. The Labute approximate surface area is 187 Å². The smallest absolute Gasteiger partial charge is 0.339 e. The molecule has 4 rings (SSSR count). The van der Waals surface area contributed by atoms with Crippen LogP contribution < -0.4 is 4.74 Å². The van der Waals surface area contributed by atoms with Crippen LogP contribution >= 0.6 is 11.6 Å². The van der Waals surface area contributed by atoms with Gasteiger partial charge in [-0.05, 0) is 36.6 Å². The monoisotopic (exact) mass is 443 g/mol. The van der Waals surface area contributed by atoms with Gasteiger partial charge in [0, 0.05) is 12.4 Å². The number of hydrogen-bond donors (Lipinski definition) is 0. The van der Waals surface area contributed by atoms with E-state index in [2.05, 4.69) is 0 Å². The summed E-state index contributed by atoms with van der Waals surface area (Å²) in [6.07, 6.45) is 0.434. The molecule has 164 valence electrons. The average Bonchev–Trinajstić information content (AvgIpc) is 2.91. The Morgan fingerprint density at radius 3 is 2.39 bits per heavy atom. The first-order valence-corrected chi connectivity index (χ1v) is 10.8. The maximum absolute atomic E-state index is 13.4. The number of likely N-dealkylation sites (tertiary alicyclic amines) is 1. The van der Waals surface area contributed by atoms with Gasteiger partial charge < -0.3 is 19.1 Å². The number of halogens is 1. The summed E-state index contributed by atoms with van der Waals surface area (Å²) in [5.74, 6) is -0.0253. The van der Waals surface area contributed by atoms with Crippen LogP contribution in [0.1, 0.15) is 24.5 Å². The van der Waals surface area contributed by atoms with Crippen molar-refractivity contribution in [3.8, 4) is 5.75 Å². The van der Waals surface area contributed by atoms with Crippen molar-refractivity contribution in [2.24, 2.45) is 5.92 Å². The number of rotatable bonds is 9. The van der Waals surface area contributed by atoms with E-state index in [1.807, 2.05) is 61.5 Å². The minimum absolute atomic E-state index is 0.0674. The van der Waals surface area contributed by atoms with E-state index in [1.54, 1.807) is 12.0 Å². The van der Waals surface area contributed by atoms with E-state index in [0.29, 0.717) is 18.9 Å². The molecule has 6 nitrogen and oxygen atoms in total. The molecule has 0 unspecified atom stereocenters. The first kappa shape index (κ1) is 21.7. The molecule has 2 aromatic rings. The lowest BCUT2D eigenvalue weighted by molar-refractivity contribution is -0.243. The molecular weight excluding hydrogens is 418 g/mol. The van der Waals surface area contributed by atoms with Gasteiger partial charge in [0.2, 0.25) is 11.4 Å². The Hall–Kier alpha value is -2.57. The maximum Gasteiger partial charge on any atom is 0.339 e. The molecule has 2 aromatic carbocycles. The second-order valence-electron chi connectivity index (χ2n) is 8.14. The van der Waals surface area contributed by atoms with E-state index in [1.165, 1.54) is 0 Å². The highest BCUT2D eigenvalue weighted by atomic mass is 35.5. The lowest BCUT2D eigenvalue weighted by Gasteiger charge is -2.53. The van der Waals surface area contributed by atoms with Crippen LogP contribution in [0.4, 0.5) is 0 Å². The number of carbonyl (C=O) groups is 2. The van der Waals surface area contributed by atoms with E-state index in [9.17, 15) is 9.59 Å². The van der Waals surface area contributed by atoms with E-state index in [-0.39, 0.29) is 19.1 Å². The van der Waals surface area contributed by atoms with Crippen molar-refractivity contribution < 1.29 is 23.8 Å². The molecule has 0 bridgehead atoms. The predicted molar refractivity (Wildman–Crippen MR) is 116 cm³/mol. The minimum atomic E-state index is -1.17. The molecule has 7 heteroatoms. The Morgan fingerprint density at radius 2 is 1.77 bits per heavy atom. The SMILES string of the molecule is COc1ccc(CN2C(=O)[C@@H](CCCl)[C@]3(C)OC(=O)[C@]23COCc2ccccc2)cc1. The van der Waals surface area contributed by atoms with Gasteiger partial charge in [0.1, 0.15) is 5.75 Å². The molecule has 0 spiro atoms. The normalized spacial score (nSPS) is 26.9. The van der Waals surface area contributed by atoms with Crippen LogP contribution in [0.2, 0.25) is 0 Å². The number of amides is 1. The topological polar surface area (TPSA) is 65.1 Å². The Balaban J connectivity index is 1.62. The van der Waals surface area contributed by atoms with Gasteiger partial charge in [-0.15, -0.1) is 11.6 Å². The van der Waals surface area contributed by atoms with E-state index < -0.39 is 23.0 Å². The first-order valence-electron chi connectivity index (χ1n) is 10.3. The highest BCUT2D eigenvalue weighted by Gasteiger charge is 2.79. The van der Waals surface area contributed by atoms with Gasteiger partial charge >= 0.3 is 5.97 Å². The highest BCUT2D eigenvalue weighted by molar-refractivity contribution is 6.18. The number of alkyl halides is 1. The van der Waals surface area contributed by atoms with Crippen LogP contribution in [-0.4, -0.2) is 47.5 Å². The number of fused-ring (bicyclic) bond motifs is 1. The largest absolute Gasteiger partial charge is 0.497 e. The fourth-order valence-electron chi connectivity index (χ4n) is 4.67. The molecular formula is C24H26ClNO5. The highest BCUT2D eigenvalue weighted by Crippen LogP contribution is 2.55. The average molecular weight is 444 g/mol. The maximum atomic E-state index is 13.4. The number of hydrogen-bond acceptors (Lipinski definition) is 5. The van der Waals surface area contributed by atoms with Gasteiger partial charge in [-0.25, -0.2) is 4.79 Å². The van der Waals surface area contributed by atoms with E-state index in [0.717, 1.165) is 16.9 Å². The summed E-state index contributed by atoms with van der Waals surface area (Å²) in [4.78, 5) is 28.0. The molecule has 0 radical (unpaired) electrons. The van der Waals surface area contributed by atoms with Crippen molar-refractivity contribution in [1.29, 1.82) is 0 Å². The van der Waals surface area contributed by atoms with Crippen molar-refractivity contribution >= 4 is 23.5 Å². The quantitative estimate of drug-likeness (QED) is 0.438. The predicted octanol–water partition coefficient (Wildman–Crippen LogP) is 3.55. The summed E-state index contributed by atoms with van der Waals surface area (Å²) >= 11 is 6.00. The Kier molecular flexibility index (Phi) is 5.95.